The summed E-state index contributed by atoms with van der Waals surface area (Å²) < 4.78 is 0. The van der Waals surface area contributed by atoms with Crippen molar-refractivity contribution in [2.45, 2.75) is 19.4 Å². The minimum absolute atomic E-state index is 0.158. The van der Waals surface area contributed by atoms with Crippen molar-refractivity contribution in [3.05, 3.63) is 34.2 Å². The Bertz CT molecular complexity index is 383. The fraction of sp³-hybridized carbons (Fsp3) is 0.400. The maximum atomic E-state index is 11.5. The molecule has 0 radical (unpaired) electrons. The van der Waals surface area contributed by atoms with E-state index in [1.165, 1.54) is 18.3 Å². The van der Waals surface area contributed by atoms with Crippen LogP contribution in [0.1, 0.15) is 24.2 Å². The van der Waals surface area contributed by atoms with Crippen LogP contribution in [0.4, 0.5) is 0 Å². The zero-order valence-electron chi connectivity index (χ0n) is 8.70. The summed E-state index contributed by atoms with van der Waals surface area (Å²) >= 11 is 0. The predicted molar refractivity (Wildman–Crippen MR) is 55.7 cm³/mol. The number of H-pyrrole nitrogens is 1. The maximum Gasteiger partial charge on any atom is 0.252 e. The number of pyridine rings is 1. The second-order valence-corrected chi connectivity index (χ2v) is 3.94. The summed E-state index contributed by atoms with van der Waals surface area (Å²) in [4.78, 5) is 24.6. The van der Waals surface area contributed by atoms with Gasteiger partial charge in [-0.1, -0.05) is 0 Å². The van der Waals surface area contributed by atoms with Crippen LogP contribution in [0.2, 0.25) is 0 Å². The Morgan fingerprint density at radius 2 is 2.20 bits per heavy atom. The molecule has 0 atom stereocenters. The van der Waals surface area contributed by atoms with Crippen LogP contribution >= 0.6 is 0 Å². The molecular formula is C10H14N2O3. The second kappa shape index (κ2) is 4.27. The quantitative estimate of drug-likeness (QED) is 0.650. The van der Waals surface area contributed by atoms with E-state index in [2.05, 4.69) is 10.3 Å². The van der Waals surface area contributed by atoms with Crippen molar-refractivity contribution in [3.8, 4) is 0 Å². The largest absolute Gasteiger partial charge is 0.389 e. The van der Waals surface area contributed by atoms with Gasteiger partial charge in [-0.15, -0.1) is 0 Å². The normalized spacial score (nSPS) is 11.1. The molecule has 15 heavy (non-hydrogen) atoms. The number of carbonyl (C=O) groups is 1. The average molecular weight is 210 g/mol. The number of aliphatic hydroxyl groups is 1. The van der Waals surface area contributed by atoms with Crippen molar-refractivity contribution in [3.63, 3.8) is 0 Å². The third-order valence-electron chi connectivity index (χ3n) is 1.73. The first-order valence-corrected chi connectivity index (χ1v) is 4.58. The molecule has 0 spiro atoms. The molecule has 0 saturated carbocycles. The van der Waals surface area contributed by atoms with E-state index in [9.17, 15) is 14.7 Å². The Morgan fingerprint density at radius 3 is 2.67 bits per heavy atom. The highest BCUT2D eigenvalue weighted by atomic mass is 16.3. The third-order valence-corrected chi connectivity index (χ3v) is 1.73. The van der Waals surface area contributed by atoms with Gasteiger partial charge in [0.15, 0.2) is 0 Å². The van der Waals surface area contributed by atoms with Crippen LogP contribution in [0.5, 0.6) is 0 Å². The summed E-state index contributed by atoms with van der Waals surface area (Å²) in [5.41, 5.74) is -0.842. The van der Waals surface area contributed by atoms with E-state index in [-0.39, 0.29) is 18.0 Å². The number of nitrogens with one attached hydrogen (secondary N) is 2. The summed E-state index contributed by atoms with van der Waals surface area (Å²) in [6, 6.07) is 2.71. The van der Waals surface area contributed by atoms with Crippen molar-refractivity contribution in [2.75, 3.05) is 6.54 Å². The molecule has 1 aromatic rings. The van der Waals surface area contributed by atoms with Crippen molar-refractivity contribution in [1.82, 2.24) is 10.3 Å². The summed E-state index contributed by atoms with van der Waals surface area (Å²) in [6.45, 7) is 3.35. The van der Waals surface area contributed by atoms with Crippen molar-refractivity contribution in [2.24, 2.45) is 0 Å². The van der Waals surface area contributed by atoms with E-state index in [1.807, 2.05) is 0 Å². The van der Waals surface area contributed by atoms with Gasteiger partial charge in [0.2, 0.25) is 5.56 Å². The van der Waals surface area contributed by atoms with Crippen LogP contribution in [0.25, 0.3) is 0 Å². The Hall–Kier alpha value is -1.62. The molecule has 3 N–H and O–H groups in total. The van der Waals surface area contributed by atoms with Crippen molar-refractivity contribution in [1.29, 1.82) is 0 Å². The zero-order valence-corrected chi connectivity index (χ0v) is 8.70. The van der Waals surface area contributed by atoms with Gasteiger partial charge in [-0.25, -0.2) is 0 Å². The van der Waals surface area contributed by atoms with Crippen molar-refractivity contribution >= 4 is 5.91 Å². The van der Waals surface area contributed by atoms with E-state index >= 15 is 0 Å². The standard InChI is InChI=1S/C10H14N2O3/c1-10(2,15)6-12-9(14)7-3-4-8(13)11-5-7/h3-5,15H,6H2,1-2H3,(H,11,13)(H,12,14). The van der Waals surface area contributed by atoms with Crippen LogP contribution in [0.15, 0.2) is 23.1 Å². The van der Waals surface area contributed by atoms with Gasteiger partial charge in [-0.3, -0.25) is 9.59 Å². The maximum absolute atomic E-state index is 11.5. The lowest BCUT2D eigenvalue weighted by Gasteiger charge is -2.17. The van der Waals surface area contributed by atoms with E-state index in [1.54, 1.807) is 13.8 Å². The smallest absolute Gasteiger partial charge is 0.252 e. The average Bonchev–Trinajstić information content (AvgIpc) is 2.14. The highest BCUT2D eigenvalue weighted by Crippen LogP contribution is 1.99. The van der Waals surface area contributed by atoms with E-state index < -0.39 is 5.60 Å². The summed E-state index contributed by atoms with van der Waals surface area (Å²) in [5, 5.41) is 11.9. The second-order valence-electron chi connectivity index (χ2n) is 3.94. The zero-order chi connectivity index (χ0) is 11.5. The molecule has 0 unspecified atom stereocenters. The molecular weight excluding hydrogens is 196 g/mol. The van der Waals surface area contributed by atoms with Gasteiger partial charge in [-0.05, 0) is 19.9 Å². The van der Waals surface area contributed by atoms with Gasteiger partial charge in [0.05, 0.1) is 11.2 Å². The van der Waals surface area contributed by atoms with E-state index in [4.69, 9.17) is 0 Å². The molecule has 0 saturated heterocycles. The number of carbonyl (C=O) groups excluding carboxylic acids is 1. The molecule has 0 fully saturated rings. The van der Waals surface area contributed by atoms with Crippen LogP contribution in [0, 0.1) is 0 Å². The summed E-state index contributed by atoms with van der Waals surface area (Å²) in [6.07, 6.45) is 1.34. The first-order chi connectivity index (χ1) is 6.88. The molecule has 5 heteroatoms. The molecule has 82 valence electrons. The molecule has 1 amide bonds. The van der Waals surface area contributed by atoms with Crippen LogP contribution < -0.4 is 10.9 Å². The Kier molecular flexibility index (Phi) is 3.26. The predicted octanol–water partition coefficient (Wildman–Crippen LogP) is -0.124. The van der Waals surface area contributed by atoms with Crippen LogP contribution in [-0.2, 0) is 0 Å². The lowest BCUT2D eigenvalue weighted by Crippen LogP contribution is -2.38. The number of aromatic amines is 1. The first kappa shape index (κ1) is 11.5. The lowest BCUT2D eigenvalue weighted by atomic mass is 10.1. The molecule has 1 heterocycles. The highest BCUT2D eigenvalue weighted by molar-refractivity contribution is 5.93. The fourth-order valence-corrected chi connectivity index (χ4v) is 0.950. The topological polar surface area (TPSA) is 82.2 Å². The van der Waals surface area contributed by atoms with Gasteiger partial charge < -0.3 is 15.4 Å². The Labute approximate surface area is 87.1 Å². The van der Waals surface area contributed by atoms with Gasteiger partial charge in [0.1, 0.15) is 0 Å². The van der Waals surface area contributed by atoms with E-state index in [0.717, 1.165) is 0 Å². The SMILES string of the molecule is CC(C)(O)CNC(=O)c1ccc(=O)[nH]c1. The van der Waals surface area contributed by atoms with Gasteiger partial charge in [0, 0.05) is 18.8 Å². The number of amides is 1. The van der Waals surface area contributed by atoms with Crippen molar-refractivity contribution < 1.29 is 9.90 Å². The highest BCUT2D eigenvalue weighted by Gasteiger charge is 2.14. The lowest BCUT2D eigenvalue weighted by molar-refractivity contribution is 0.0694. The molecule has 0 aliphatic carbocycles. The first-order valence-electron chi connectivity index (χ1n) is 4.58. The van der Waals surface area contributed by atoms with Crippen LogP contribution in [-0.4, -0.2) is 28.1 Å². The molecule has 0 aromatic carbocycles. The Morgan fingerprint density at radius 1 is 1.53 bits per heavy atom. The Balaban J connectivity index is 2.62. The molecule has 0 bridgehead atoms. The summed E-state index contributed by atoms with van der Waals surface area (Å²) in [5.74, 6) is -0.326. The van der Waals surface area contributed by atoms with Gasteiger partial charge in [0.25, 0.3) is 5.91 Å². The molecule has 0 aliphatic heterocycles. The molecule has 0 aliphatic rings. The monoisotopic (exact) mass is 210 g/mol. The fourth-order valence-electron chi connectivity index (χ4n) is 0.950. The number of rotatable bonds is 3. The van der Waals surface area contributed by atoms with Gasteiger partial charge >= 0.3 is 0 Å². The van der Waals surface area contributed by atoms with Gasteiger partial charge in [-0.2, -0.15) is 0 Å². The summed E-state index contributed by atoms with van der Waals surface area (Å²) in [7, 11) is 0. The van der Waals surface area contributed by atoms with Crippen LogP contribution in [0.3, 0.4) is 0 Å². The minimum Gasteiger partial charge on any atom is -0.389 e. The number of hydrogen-bond acceptors (Lipinski definition) is 3. The third kappa shape index (κ3) is 3.95. The molecule has 1 rings (SSSR count). The number of hydrogen-bond donors (Lipinski definition) is 3. The molecule has 5 nitrogen and oxygen atoms in total. The number of aromatic nitrogens is 1. The molecule has 1 aromatic heterocycles. The minimum atomic E-state index is -0.947. The van der Waals surface area contributed by atoms with E-state index in [0.29, 0.717) is 5.56 Å².